The zero-order valence-corrected chi connectivity index (χ0v) is 14.4. The lowest BCUT2D eigenvalue weighted by Gasteiger charge is -2.25. The van der Waals surface area contributed by atoms with E-state index in [1.165, 1.54) is 0 Å². The van der Waals surface area contributed by atoms with Crippen molar-refractivity contribution in [1.29, 1.82) is 0 Å². The normalized spacial score (nSPS) is 19.2. The second-order valence-electron chi connectivity index (χ2n) is 6.63. The maximum atomic E-state index is 11.2. The van der Waals surface area contributed by atoms with Crippen molar-refractivity contribution in [3.8, 4) is 0 Å². The van der Waals surface area contributed by atoms with Crippen molar-refractivity contribution in [2.24, 2.45) is 5.73 Å². The molecule has 1 aliphatic heterocycles. The molecule has 1 fully saturated rings. The second-order valence-corrected chi connectivity index (χ2v) is 6.63. The molecule has 0 aliphatic carbocycles. The van der Waals surface area contributed by atoms with E-state index in [0.717, 1.165) is 22.0 Å². The molecule has 1 aromatic carbocycles. The van der Waals surface area contributed by atoms with Crippen LogP contribution in [0.2, 0.25) is 0 Å². The van der Waals surface area contributed by atoms with Gasteiger partial charge < -0.3 is 20.8 Å². The Morgan fingerprint density at radius 2 is 2.12 bits per heavy atom. The summed E-state index contributed by atoms with van der Waals surface area (Å²) in [4.78, 5) is 19.7. The van der Waals surface area contributed by atoms with Crippen LogP contribution in [0.3, 0.4) is 0 Å². The van der Waals surface area contributed by atoms with Crippen LogP contribution < -0.4 is 10.6 Å². The van der Waals surface area contributed by atoms with Crippen LogP contribution in [-0.4, -0.2) is 64.8 Å². The number of fused-ring (bicyclic) bond motifs is 1. The smallest absolute Gasteiger partial charge is 0.231 e. The first-order valence-corrected chi connectivity index (χ1v) is 8.41. The van der Waals surface area contributed by atoms with Crippen molar-refractivity contribution >= 4 is 22.6 Å². The summed E-state index contributed by atoms with van der Waals surface area (Å²) in [6.45, 7) is 4.00. The van der Waals surface area contributed by atoms with Gasteiger partial charge in [-0.2, -0.15) is 0 Å². The summed E-state index contributed by atoms with van der Waals surface area (Å²) in [5, 5.41) is 21.0. The number of rotatable bonds is 4. The number of aromatic nitrogens is 1. The molecule has 0 bridgehead atoms. The highest BCUT2D eigenvalue weighted by molar-refractivity contribution is 5.82. The highest BCUT2D eigenvalue weighted by Gasteiger charge is 2.24. The number of primary amides is 1. The minimum atomic E-state index is -0.622. The van der Waals surface area contributed by atoms with Crippen molar-refractivity contribution in [2.75, 3.05) is 37.6 Å². The fraction of sp³-hybridized carbons (Fsp3) is 0.444. The Labute approximate surface area is 146 Å². The number of amides is 1. The number of nitrogens with two attached hydrogens (primary N) is 1. The molecule has 1 amide bonds. The fourth-order valence-corrected chi connectivity index (χ4v) is 3.31. The van der Waals surface area contributed by atoms with Crippen molar-refractivity contribution in [3.63, 3.8) is 0 Å². The van der Waals surface area contributed by atoms with Crippen LogP contribution in [0, 0.1) is 6.92 Å². The highest BCUT2D eigenvalue weighted by Crippen LogP contribution is 2.25. The molecule has 1 aromatic heterocycles. The molecular formula is C18H24N4O3. The minimum absolute atomic E-state index is 0.121. The molecule has 2 heterocycles. The molecule has 7 nitrogen and oxygen atoms in total. The van der Waals surface area contributed by atoms with Gasteiger partial charge >= 0.3 is 0 Å². The van der Waals surface area contributed by atoms with E-state index >= 15 is 0 Å². The Bertz CT molecular complexity index is 780. The van der Waals surface area contributed by atoms with Crippen molar-refractivity contribution in [2.45, 2.75) is 19.6 Å². The average Bonchev–Trinajstić information content (AvgIpc) is 2.74. The van der Waals surface area contributed by atoms with Crippen molar-refractivity contribution < 1.29 is 15.0 Å². The van der Waals surface area contributed by atoms with Gasteiger partial charge in [-0.3, -0.25) is 9.69 Å². The third-order valence-corrected chi connectivity index (χ3v) is 4.46. The van der Waals surface area contributed by atoms with Gasteiger partial charge in [-0.05, 0) is 24.6 Å². The Kier molecular flexibility index (Phi) is 5.17. The highest BCUT2D eigenvalue weighted by atomic mass is 16.3. The second kappa shape index (κ2) is 7.35. The van der Waals surface area contributed by atoms with E-state index in [0.29, 0.717) is 32.0 Å². The first-order chi connectivity index (χ1) is 12.0. The molecule has 1 saturated heterocycles. The van der Waals surface area contributed by atoms with E-state index in [2.05, 4.69) is 0 Å². The largest absolute Gasteiger partial charge is 0.392 e. The van der Waals surface area contributed by atoms with Gasteiger partial charge in [-0.1, -0.05) is 12.1 Å². The molecule has 2 aromatic rings. The minimum Gasteiger partial charge on any atom is -0.392 e. The number of nitrogens with zero attached hydrogens (tertiary/aromatic N) is 3. The van der Waals surface area contributed by atoms with E-state index in [1.54, 1.807) is 0 Å². The average molecular weight is 344 g/mol. The SMILES string of the molecule is Cc1ccc2cc(CO)c(N3CCN(CC(N)=O)CC(O)C3)nc2c1. The quantitative estimate of drug-likeness (QED) is 0.722. The van der Waals surface area contributed by atoms with Crippen LogP contribution in [0.25, 0.3) is 10.9 Å². The third-order valence-electron chi connectivity index (χ3n) is 4.46. The molecule has 0 spiro atoms. The lowest BCUT2D eigenvalue weighted by Crippen LogP contribution is -2.38. The lowest BCUT2D eigenvalue weighted by molar-refractivity contribution is -0.119. The predicted molar refractivity (Wildman–Crippen MR) is 96.3 cm³/mol. The molecule has 134 valence electrons. The fourth-order valence-electron chi connectivity index (χ4n) is 3.31. The zero-order chi connectivity index (χ0) is 18.0. The Hall–Kier alpha value is -2.22. The van der Waals surface area contributed by atoms with Gasteiger partial charge in [-0.25, -0.2) is 4.98 Å². The van der Waals surface area contributed by atoms with E-state index in [-0.39, 0.29) is 13.2 Å². The molecule has 4 N–H and O–H groups in total. The van der Waals surface area contributed by atoms with Crippen molar-refractivity contribution in [1.82, 2.24) is 9.88 Å². The molecule has 1 unspecified atom stereocenters. The lowest BCUT2D eigenvalue weighted by atomic mass is 10.1. The molecule has 7 heteroatoms. The number of anilines is 1. The standard InChI is InChI=1S/C18H24N4O3/c1-12-2-3-13-7-14(11-23)18(20-16(13)6-12)22-5-4-21(10-17(19)25)8-15(24)9-22/h2-3,6-7,15,23-24H,4-5,8-11H2,1H3,(H2,19,25). The van der Waals surface area contributed by atoms with E-state index < -0.39 is 12.0 Å². The monoisotopic (exact) mass is 344 g/mol. The maximum Gasteiger partial charge on any atom is 0.231 e. The van der Waals surface area contributed by atoms with Gasteiger partial charge in [0.25, 0.3) is 0 Å². The Morgan fingerprint density at radius 1 is 1.32 bits per heavy atom. The Balaban J connectivity index is 1.92. The third kappa shape index (κ3) is 4.07. The van der Waals surface area contributed by atoms with Gasteiger partial charge in [0.05, 0.1) is 24.8 Å². The summed E-state index contributed by atoms with van der Waals surface area (Å²) in [5.41, 5.74) is 7.97. The van der Waals surface area contributed by atoms with E-state index in [9.17, 15) is 15.0 Å². The van der Waals surface area contributed by atoms with Gasteiger partial charge in [-0.15, -0.1) is 0 Å². The van der Waals surface area contributed by atoms with Crippen LogP contribution in [0.5, 0.6) is 0 Å². The zero-order valence-electron chi connectivity index (χ0n) is 14.4. The molecule has 25 heavy (non-hydrogen) atoms. The molecule has 0 saturated carbocycles. The topological polar surface area (TPSA) is 103 Å². The number of benzene rings is 1. The maximum absolute atomic E-state index is 11.2. The number of pyridine rings is 1. The number of aliphatic hydroxyl groups is 2. The number of carbonyl (C=O) groups is 1. The molecule has 1 aliphatic rings. The number of aliphatic hydroxyl groups excluding tert-OH is 2. The van der Waals surface area contributed by atoms with Crippen LogP contribution in [0.4, 0.5) is 5.82 Å². The molecule has 1 atom stereocenters. The van der Waals surface area contributed by atoms with Crippen LogP contribution in [0.1, 0.15) is 11.1 Å². The molecule has 3 rings (SSSR count). The van der Waals surface area contributed by atoms with Crippen LogP contribution in [0.15, 0.2) is 24.3 Å². The van der Waals surface area contributed by atoms with Gasteiger partial charge in [0.2, 0.25) is 5.91 Å². The number of aryl methyl sites for hydroxylation is 1. The van der Waals surface area contributed by atoms with Crippen molar-refractivity contribution in [3.05, 3.63) is 35.4 Å². The summed E-state index contributed by atoms with van der Waals surface area (Å²) < 4.78 is 0. The van der Waals surface area contributed by atoms with Crippen LogP contribution in [-0.2, 0) is 11.4 Å². The summed E-state index contributed by atoms with van der Waals surface area (Å²) in [6, 6.07) is 7.96. The summed E-state index contributed by atoms with van der Waals surface area (Å²) in [5.74, 6) is 0.275. The predicted octanol–water partition coefficient (Wildman–Crippen LogP) is 0.00372. The van der Waals surface area contributed by atoms with Gasteiger partial charge in [0.15, 0.2) is 0 Å². The van der Waals surface area contributed by atoms with E-state index in [4.69, 9.17) is 10.7 Å². The molecular weight excluding hydrogens is 320 g/mol. The number of hydrogen-bond acceptors (Lipinski definition) is 6. The summed E-state index contributed by atoms with van der Waals surface area (Å²) in [6.07, 6.45) is -0.622. The molecule has 0 radical (unpaired) electrons. The summed E-state index contributed by atoms with van der Waals surface area (Å²) >= 11 is 0. The number of carbonyl (C=O) groups excluding carboxylic acids is 1. The number of hydrogen-bond donors (Lipinski definition) is 3. The summed E-state index contributed by atoms with van der Waals surface area (Å²) in [7, 11) is 0. The van der Waals surface area contributed by atoms with Gasteiger partial charge in [0.1, 0.15) is 5.82 Å². The van der Waals surface area contributed by atoms with Crippen LogP contribution >= 0.6 is 0 Å². The number of β-amino-alcohol motifs (C(OH)–C–C–N with tert-alkyl or cyclic N) is 1. The Morgan fingerprint density at radius 3 is 2.84 bits per heavy atom. The van der Waals surface area contributed by atoms with E-state index in [1.807, 2.05) is 41.0 Å². The first kappa shape index (κ1) is 17.6. The first-order valence-electron chi connectivity index (χ1n) is 8.41. The van der Waals surface area contributed by atoms with Gasteiger partial charge in [0, 0.05) is 37.1 Å².